The average molecular weight is 564 g/mol. The zero-order valence-corrected chi connectivity index (χ0v) is 24.3. The molecule has 0 saturated heterocycles. The minimum atomic E-state index is -0.148. The molecule has 6 rings (SSSR count). The zero-order valence-electron chi connectivity index (χ0n) is 24.3. The van der Waals surface area contributed by atoms with Gasteiger partial charge in [-0.2, -0.15) is 0 Å². The number of carbonyl (C=O) groups is 1. The van der Waals surface area contributed by atoms with Crippen molar-refractivity contribution in [2.75, 3.05) is 7.11 Å². The van der Waals surface area contributed by atoms with Crippen molar-refractivity contribution in [1.29, 1.82) is 0 Å². The van der Waals surface area contributed by atoms with Crippen LogP contribution in [-0.2, 0) is 11.3 Å². The predicted octanol–water partition coefficient (Wildman–Crippen LogP) is 8.43. The minimum absolute atomic E-state index is 0.0806. The highest BCUT2D eigenvalue weighted by atomic mass is 16.5. The topological polar surface area (TPSA) is 56.2 Å². The third-order valence-electron chi connectivity index (χ3n) is 7.62. The van der Waals surface area contributed by atoms with Crippen molar-refractivity contribution in [3.8, 4) is 28.1 Å². The lowest BCUT2D eigenvalue weighted by Gasteiger charge is -2.17. The second-order valence-electron chi connectivity index (χ2n) is 10.5. The Hall–Kier alpha value is -5.42. The molecule has 1 N–H and O–H groups in total. The van der Waals surface area contributed by atoms with E-state index >= 15 is 0 Å². The van der Waals surface area contributed by atoms with E-state index in [9.17, 15) is 4.79 Å². The number of rotatable bonds is 9. The Morgan fingerprint density at radius 1 is 0.791 bits per heavy atom. The summed E-state index contributed by atoms with van der Waals surface area (Å²) in [6, 6.07) is 40.8. The number of hydrogen-bond donors (Lipinski definition) is 1. The molecule has 1 atom stereocenters. The van der Waals surface area contributed by atoms with Crippen LogP contribution in [0.15, 0.2) is 128 Å². The molecular weight excluding hydrogens is 530 g/mol. The first-order chi connectivity index (χ1) is 21.1. The quantitative estimate of drug-likeness (QED) is 0.192. The summed E-state index contributed by atoms with van der Waals surface area (Å²) in [5, 5.41) is 5.50. The van der Waals surface area contributed by atoms with Crippen LogP contribution in [0.1, 0.15) is 29.9 Å². The number of fused-ring (bicyclic) bond motifs is 1. The first-order valence-electron chi connectivity index (χ1n) is 14.4. The monoisotopic (exact) mass is 563 g/mol. The van der Waals surface area contributed by atoms with Crippen LogP contribution in [0.4, 0.5) is 0 Å². The molecule has 43 heavy (non-hydrogen) atoms. The fourth-order valence-corrected chi connectivity index (χ4v) is 5.33. The van der Waals surface area contributed by atoms with Gasteiger partial charge in [-0.1, -0.05) is 115 Å². The molecule has 0 saturated carbocycles. The van der Waals surface area contributed by atoms with Crippen LogP contribution >= 0.6 is 0 Å². The van der Waals surface area contributed by atoms with E-state index in [1.54, 1.807) is 7.11 Å². The first kappa shape index (κ1) is 27.7. The maximum Gasteiger partial charge on any atom is 0.240 e. The van der Waals surface area contributed by atoms with Gasteiger partial charge in [-0.3, -0.25) is 4.79 Å². The van der Waals surface area contributed by atoms with E-state index in [1.165, 1.54) is 5.56 Å². The Kier molecular flexibility index (Phi) is 8.14. The van der Waals surface area contributed by atoms with Gasteiger partial charge in [0.1, 0.15) is 18.1 Å². The van der Waals surface area contributed by atoms with E-state index in [1.807, 2.05) is 90.5 Å². The molecule has 5 heteroatoms. The van der Waals surface area contributed by atoms with Gasteiger partial charge < -0.3 is 14.6 Å². The van der Waals surface area contributed by atoms with Gasteiger partial charge in [-0.25, -0.2) is 4.98 Å². The molecule has 5 aromatic carbocycles. The number of aromatic nitrogens is 2. The van der Waals surface area contributed by atoms with E-state index in [-0.39, 0.29) is 18.5 Å². The van der Waals surface area contributed by atoms with Crippen LogP contribution in [0.5, 0.6) is 5.75 Å². The van der Waals surface area contributed by atoms with Crippen LogP contribution in [0.2, 0.25) is 0 Å². The average Bonchev–Trinajstić information content (AvgIpc) is 3.46. The Balaban J connectivity index is 1.26. The summed E-state index contributed by atoms with van der Waals surface area (Å²) in [5.74, 6) is 1.42. The van der Waals surface area contributed by atoms with Gasteiger partial charge in [0.05, 0.1) is 18.8 Å². The van der Waals surface area contributed by atoms with E-state index in [0.717, 1.165) is 44.5 Å². The number of hydrogen-bond acceptors (Lipinski definition) is 3. The normalized spacial score (nSPS) is 12.0. The Labute approximate surface area is 252 Å². The number of amides is 1. The highest BCUT2D eigenvalue weighted by molar-refractivity contribution is 5.87. The molecule has 6 aromatic rings. The van der Waals surface area contributed by atoms with Gasteiger partial charge in [0.25, 0.3) is 0 Å². The number of nitrogens with zero attached hydrogens (tertiary/aromatic N) is 2. The van der Waals surface area contributed by atoms with Crippen molar-refractivity contribution < 1.29 is 9.53 Å². The van der Waals surface area contributed by atoms with Crippen LogP contribution in [0.3, 0.4) is 0 Å². The standard InChI is InChI=1S/C38H33N3O2/c1-27(34-14-8-12-31-11-6-7-13-35(31)34)39-38(42)26-41-25-36(32-20-18-30(19-21-32)29-9-4-3-5-10-29)40-37(41)24-17-28-15-22-33(43-2)23-16-28/h3-25,27H,26H2,1-2H3,(H,39,42)/b24-17+. The van der Waals surface area contributed by atoms with E-state index in [4.69, 9.17) is 9.72 Å². The molecule has 1 aromatic heterocycles. The predicted molar refractivity (Wildman–Crippen MR) is 176 cm³/mol. The summed E-state index contributed by atoms with van der Waals surface area (Å²) < 4.78 is 7.19. The van der Waals surface area contributed by atoms with E-state index in [2.05, 4.69) is 66.0 Å². The number of benzene rings is 5. The van der Waals surface area contributed by atoms with Crippen molar-refractivity contribution in [3.63, 3.8) is 0 Å². The Morgan fingerprint density at radius 3 is 2.23 bits per heavy atom. The molecule has 212 valence electrons. The molecular formula is C38H33N3O2. The van der Waals surface area contributed by atoms with Gasteiger partial charge in [0, 0.05) is 11.8 Å². The largest absolute Gasteiger partial charge is 0.497 e. The summed E-state index contributed by atoms with van der Waals surface area (Å²) in [4.78, 5) is 18.3. The highest BCUT2D eigenvalue weighted by Crippen LogP contribution is 2.26. The zero-order chi connectivity index (χ0) is 29.6. The molecule has 0 bridgehead atoms. The minimum Gasteiger partial charge on any atom is -0.497 e. The molecule has 0 fully saturated rings. The Bertz CT molecular complexity index is 1870. The summed E-state index contributed by atoms with van der Waals surface area (Å²) in [6.45, 7) is 2.17. The fraction of sp³-hybridized carbons (Fsp3) is 0.105. The van der Waals surface area contributed by atoms with E-state index in [0.29, 0.717) is 5.82 Å². The van der Waals surface area contributed by atoms with Gasteiger partial charge in [0.15, 0.2) is 0 Å². The second kappa shape index (κ2) is 12.6. The van der Waals surface area contributed by atoms with Gasteiger partial charge >= 0.3 is 0 Å². The molecule has 1 unspecified atom stereocenters. The maximum atomic E-state index is 13.4. The Morgan fingerprint density at radius 2 is 1.47 bits per heavy atom. The van der Waals surface area contributed by atoms with Crippen molar-refractivity contribution >= 4 is 28.8 Å². The summed E-state index contributed by atoms with van der Waals surface area (Å²) in [5.41, 5.74) is 6.21. The molecule has 0 aliphatic rings. The summed E-state index contributed by atoms with van der Waals surface area (Å²) >= 11 is 0. The summed E-state index contributed by atoms with van der Waals surface area (Å²) in [7, 11) is 1.65. The lowest BCUT2D eigenvalue weighted by molar-refractivity contribution is -0.122. The third kappa shape index (κ3) is 6.41. The number of nitrogens with one attached hydrogen (secondary N) is 1. The lowest BCUT2D eigenvalue weighted by atomic mass is 10.00. The van der Waals surface area contributed by atoms with Crippen molar-refractivity contribution in [3.05, 3.63) is 144 Å². The summed E-state index contributed by atoms with van der Waals surface area (Å²) in [6.07, 6.45) is 5.90. The van der Waals surface area contributed by atoms with Crippen molar-refractivity contribution in [2.45, 2.75) is 19.5 Å². The fourth-order valence-electron chi connectivity index (χ4n) is 5.33. The van der Waals surface area contributed by atoms with Crippen molar-refractivity contribution in [2.24, 2.45) is 0 Å². The molecule has 1 amide bonds. The number of methoxy groups -OCH3 is 1. The molecule has 5 nitrogen and oxygen atoms in total. The SMILES string of the molecule is COc1ccc(/C=C/c2nc(-c3ccc(-c4ccccc4)cc3)cn2CC(=O)NC(C)c2cccc3ccccc23)cc1. The van der Waals surface area contributed by atoms with E-state index < -0.39 is 0 Å². The highest BCUT2D eigenvalue weighted by Gasteiger charge is 2.15. The van der Waals surface area contributed by atoms with Crippen molar-refractivity contribution in [1.82, 2.24) is 14.9 Å². The smallest absolute Gasteiger partial charge is 0.240 e. The molecule has 1 heterocycles. The van der Waals surface area contributed by atoms with Crippen LogP contribution in [0.25, 0.3) is 45.3 Å². The number of carbonyl (C=O) groups excluding carboxylic acids is 1. The second-order valence-corrected chi connectivity index (χ2v) is 10.5. The van der Waals surface area contributed by atoms with Gasteiger partial charge in [-0.05, 0) is 58.2 Å². The first-order valence-corrected chi connectivity index (χ1v) is 14.4. The maximum absolute atomic E-state index is 13.4. The lowest BCUT2D eigenvalue weighted by Crippen LogP contribution is -2.30. The number of ether oxygens (including phenoxy) is 1. The van der Waals surface area contributed by atoms with Gasteiger partial charge in [0.2, 0.25) is 5.91 Å². The van der Waals surface area contributed by atoms with Gasteiger partial charge in [-0.15, -0.1) is 0 Å². The molecule has 0 radical (unpaired) electrons. The van der Waals surface area contributed by atoms with Crippen LogP contribution in [0, 0.1) is 0 Å². The third-order valence-corrected chi connectivity index (χ3v) is 7.62. The van der Waals surface area contributed by atoms with Crippen LogP contribution in [-0.4, -0.2) is 22.6 Å². The number of imidazole rings is 1. The molecule has 0 aliphatic heterocycles. The molecule has 0 spiro atoms. The molecule has 0 aliphatic carbocycles. The van der Waals surface area contributed by atoms with Crippen LogP contribution < -0.4 is 10.1 Å².